The number of aryl methyl sites for hydroxylation is 1. The molecule has 0 aromatic heterocycles. The molecule has 0 radical (unpaired) electrons. The second-order valence-electron chi connectivity index (χ2n) is 10.3. The van der Waals surface area contributed by atoms with Gasteiger partial charge in [-0.05, 0) is 0 Å². The first-order chi connectivity index (χ1) is 16.7. The van der Waals surface area contributed by atoms with E-state index in [1.807, 2.05) is 0 Å². The second kappa shape index (κ2) is 22.4. The van der Waals surface area contributed by atoms with Crippen molar-refractivity contribution in [3.63, 3.8) is 0 Å². The zero-order chi connectivity index (χ0) is 25.0. The molecule has 0 saturated carbocycles. The Balaban J connectivity index is 0.000000968. The zero-order valence-corrected chi connectivity index (χ0v) is 25.5. The van der Waals surface area contributed by atoms with Gasteiger partial charge in [0.15, 0.2) is 0 Å². The van der Waals surface area contributed by atoms with Gasteiger partial charge in [-0.3, -0.25) is 0 Å². The summed E-state index contributed by atoms with van der Waals surface area (Å²) in [5.74, 6) is 0. The maximum Gasteiger partial charge on any atom is 2.00 e. The number of unbranched alkanes of at least 4 members (excludes halogenated alkanes) is 6. The van der Waals surface area contributed by atoms with Gasteiger partial charge in [0.2, 0.25) is 0 Å². The summed E-state index contributed by atoms with van der Waals surface area (Å²) in [4.78, 5) is 0. The third-order valence-electron chi connectivity index (χ3n) is 7.27. The Bertz CT molecular complexity index is 588. The van der Waals surface area contributed by atoms with Crippen molar-refractivity contribution in [2.24, 2.45) is 0 Å². The topological polar surface area (TPSA) is 0 Å². The largest absolute Gasteiger partial charge is 2.00 e. The second-order valence-corrected chi connectivity index (χ2v) is 10.3. The molecule has 1 heteroatoms. The van der Waals surface area contributed by atoms with Crippen molar-refractivity contribution < 1.29 is 17.1 Å². The van der Waals surface area contributed by atoms with Crippen LogP contribution in [0.25, 0.3) is 0 Å². The SMILES string of the molecule is CCCCc1c(CCCC)c(CCCC)[c-](CCCC)c1CCCC.CCCCc1ccc[cH-]1.[Fe+2]. The fourth-order valence-corrected chi connectivity index (χ4v) is 5.15. The molecule has 2 aromatic rings. The van der Waals surface area contributed by atoms with Crippen LogP contribution in [0.15, 0.2) is 24.3 Å². The fourth-order valence-electron chi connectivity index (χ4n) is 5.15. The van der Waals surface area contributed by atoms with E-state index >= 15 is 0 Å². The Kier molecular flexibility index (Phi) is 21.9. The summed E-state index contributed by atoms with van der Waals surface area (Å²) in [6.45, 7) is 13.9. The van der Waals surface area contributed by atoms with Crippen molar-refractivity contribution in [1.29, 1.82) is 0 Å². The molecule has 0 spiro atoms. The van der Waals surface area contributed by atoms with E-state index < -0.39 is 0 Å². The van der Waals surface area contributed by atoms with Crippen LogP contribution in [0, 0.1) is 0 Å². The molecule has 0 nitrogen and oxygen atoms in total. The van der Waals surface area contributed by atoms with Crippen molar-refractivity contribution in [1.82, 2.24) is 0 Å². The van der Waals surface area contributed by atoms with Gasteiger partial charge in [0.05, 0.1) is 0 Å². The summed E-state index contributed by atoms with van der Waals surface area (Å²) < 4.78 is 0. The number of hydrogen-bond donors (Lipinski definition) is 0. The third-order valence-corrected chi connectivity index (χ3v) is 7.27. The Labute approximate surface area is 231 Å². The van der Waals surface area contributed by atoms with E-state index in [0.717, 1.165) is 0 Å². The third kappa shape index (κ3) is 12.8. The van der Waals surface area contributed by atoms with Crippen molar-refractivity contribution in [3.05, 3.63) is 57.6 Å². The Morgan fingerprint density at radius 1 is 0.571 bits per heavy atom. The zero-order valence-electron chi connectivity index (χ0n) is 24.4. The van der Waals surface area contributed by atoms with Gasteiger partial charge < -0.3 is 0 Å². The van der Waals surface area contributed by atoms with Crippen molar-refractivity contribution in [2.75, 3.05) is 0 Å². The van der Waals surface area contributed by atoms with Crippen LogP contribution < -0.4 is 0 Å². The van der Waals surface area contributed by atoms with Crippen LogP contribution in [-0.2, 0) is 55.6 Å². The van der Waals surface area contributed by atoms with E-state index in [4.69, 9.17) is 0 Å². The van der Waals surface area contributed by atoms with Crippen molar-refractivity contribution >= 4 is 0 Å². The summed E-state index contributed by atoms with van der Waals surface area (Å²) in [5, 5.41) is 0. The first-order valence-corrected chi connectivity index (χ1v) is 15.2. The molecule has 2 aromatic carbocycles. The Hall–Kier alpha value is -0.781. The summed E-state index contributed by atoms with van der Waals surface area (Å²) in [6, 6.07) is 8.58. The monoisotopic (exact) mass is 522 g/mol. The predicted molar refractivity (Wildman–Crippen MR) is 156 cm³/mol. The van der Waals surface area contributed by atoms with Crippen LogP contribution in [0.2, 0.25) is 0 Å². The van der Waals surface area contributed by atoms with E-state index in [-0.39, 0.29) is 17.1 Å². The van der Waals surface area contributed by atoms with E-state index in [0.29, 0.717) is 0 Å². The van der Waals surface area contributed by atoms with Crippen LogP contribution in [0.1, 0.15) is 152 Å². The minimum Gasteiger partial charge on any atom is -0.213 e. The van der Waals surface area contributed by atoms with Gasteiger partial charge >= 0.3 is 17.1 Å². The van der Waals surface area contributed by atoms with Crippen LogP contribution in [-0.4, -0.2) is 0 Å². The molecular weight excluding hydrogens is 464 g/mol. The molecule has 2 rings (SSSR count). The summed E-state index contributed by atoms with van der Waals surface area (Å²) >= 11 is 0. The molecule has 0 bridgehead atoms. The van der Waals surface area contributed by atoms with Gasteiger partial charge in [-0.25, -0.2) is 12.1 Å². The van der Waals surface area contributed by atoms with E-state index in [1.165, 1.54) is 121 Å². The Morgan fingerprint density at radius 2 is 1.00 bits per heavy atom. The average Bonchev–Trinajstić information content (AvgIpc) is 3.47. The van der Waals surface area contributed by atoms with Gasteiger partial charge in [-0.15, -0.1) is 0 Å². The quantitative estimate of drug-likeness (QED) is 0.135. The molecular formula is C34H58Fe. The molecule has 0 fully saturated rings. The predicted octanol–water partition coefficient (Wildman–Crippen LogP) is 10.9. The summed E-state index contributed by atoms with van der Waals surface area (Å²) in [6.07, 6.45) is 24.0. The summed E-state index contributed by atoms with van der Waals surface area (Å²) in [7, 11) is 0. The van der Waals surface area contributed by atoms with Gasteiger partial charge in [0.1, 0.15) is 0 Å². The fraction of sp³-hybridized carbons (Fsp3) is 0.706. The molecule has 0 saturated heterocycles. The molecule has 0 N–H and O–H groups in total. The average molecular weight is 523 g/mol. The normalized spacial score (nSPS) is 10.7. The molecule has 0 heterocycles. The molecule has 35 heavy (non-hydrogen) atoms. The van der Waals surface area contributed by atoms with Gasteiger partial charge in [-0.1, -0.05) is 157 Å². The van der Waals surface area contributed by atoms with Crippen LogP contribution >= 0.6 is 0 Å². The number of rotatable bonds is 18. The van der Waals surface area contributed by atoms with Crippen LogP contribution in [0.5, 0.6) is 0 Å². The first-order valence-electron chi connectivity index (χ1n) is 15.2. The summed E-state index contributed by atoms with van der Waals surface area (Å²) in [5.41, 5.74) is 10.5. The van der Waals surface area contributed by atoms with Crippen LogP contribution in [0.3, 0.4) is 0 Å². The molecule has 0 aliphatic carbocycles. The van der Waals surface area contributed by atoms with Gasteiger partial charge in [0.25, 0.3) is 0 Å². The Morgan fingerprint density at radius 3 is 1.40 bits per heavy atom. The maximum absolute atomic E-state index is 2.34. The molecule has 0 aliphatic rings. The van der Waals surface area contributed by atoms with Crippen LogP contribution in [0.4, 0.5) is 0 Å². The van der Waals surface area contributed by atoms with E-state index in [9.17, 15) is 0 Å². The standard InChI is InChI=1S/C25H45.C9H13.Fe/c1-6-11-16-21-22(17-12-7-2)24(19-14-9-4)25(20-15-10-5)23(21)18-13-8-3;1-2-3-6-9-7-4-5-8-9;/h6-20H2,1-5H3;4-5,7-8H,2-3,6H2,1H3;/q2*-1;+2. The molecule has 0 aliphatic heterocycles. The molecule has 0 amide bonds. The van der Waals surface area contributed by atoms with Gasteiger partial charge in [0, 0.05) is 0 Å². The van der Waals surface area contributed by atoms with Gasteiger partial charge in [-0.2, -0.15) is 45.5 Å². The number of hydrogen-bond acceptors (Lipinski definition) is 0. The molecule has 0 atom stereocenters. The maximum atomic E-state index is 2.34. The van der Waals surface area contributed by atoms with Crippen molar-refractivity contribution in [3.8, 4) is 0 Å². The molecule has 0 unspecified atom stereocenters. The van der Waals surface area contributed by atoms with E-state index in [2.05, 4.69) is 65.8 Å². The minimum absolute atomic E-state index is 0. The minimum atomic E-state index is 0. The first kappa shape index (κ1) is 34.2. The van der Waals surface area contributed by atoms with E-state index in [1.54, 1.807) is 27.8 Å². The molecule has 202 valence electrons. The van der Waals surface area contributed by atoms with Crippen molar-refractivity contribution in [2.45, 2.75) is 157 Å². The smallest absolute Gasteiger partial charge is 0.213 e.